The number of thiazole rings is 1. The van der Waals surface area contributed by atoms with E-state index in [1.54, 1.807) is 11.3 Å². The van der Waals surface area contributed by atoms with Crippen molar-refractivity contribution in [3.63, 3.8) is 0 Å². The van der Waals surface area contributed by atoms with Gasteiger partial charge in [-0.05, 0) is 25.7 Å². The van der Waals surface area contributed by atoms with Gasteiger partial charge in [-0.2, -0.15) is 0 Å². The standard InChI is InChI=1S/C14H18N4OS/c1-10-17-13(9-20-10)12-5-15-14(16-6-12)18-4-2-3-11(7-18)8-19/h5-6,9,11,19H,2-4,7-8H2,1H3. The van der Waals surface area contributed by atoms with Gasteiger partial charge < -0.3 is 10.0 Å². The number of nitrogens with zero attached hydrogens (tertiary/aromatic N) is 4. The minimum Gasteiger partial charge on any atom is -0.396 e. The Morgan fingerprint density at radius 3 is 2.85 bits per heavy atom. The van der Waals surface area contributed by atoms with Crippen LogP contribution in [0.15, 0.2) is 17.8 Å². The number of anilines is 1. The molecule has 1 atom stereocenters. The van der Waals surface area contributed by atoms with Crippen molar-refractivity contribution in [2.45, 2.75) is 19.8 Å². The van der Waals surface area contributed by atoms with Crippen LogP contribution in [0.25, 0.3) is 11.3 Å². The van der Waals surface area contributed by atoms with Crippen LogP contribution in [0.1, 0.15) is 17.8 Å². The van der Waals surface area contributed by atoms with Gasteiger partial charge in [0, 0.05) is 43.0 Å². The quantitative estimate of drug-likeness (QED) is 0.938. The highest BCUT2D eigenvalue weighted by Crippen LogP contribution is 2.23. The minimum atomic E-state index is 0.243. The maximum atomic E-state index is 9.28. The first kappa shape index (κ1) is 13.5. The second kappa shape index (κ2) is 5.85. The fourth-order valence-electron chi connectivity index (χ4n) is 2.51. The largest absolute Gasteiger partial charge is 0.396 e. The molecule has 2 aromatic heterocycles. The smallest absolute Gasteiger partial charge is 0.225 e. The summed E-state index contributed by atoms with van der Waals surface area (Å²) in [6.45, 7) is 4.04. The predicted octanol–water partition coefficient (Wildman–Crippen LogP) is 2.12. The van der Waals surface area contributed by atoms with Gasteiger partial charge in [0.1, 0.15) is 0 Å². The molecule has 0 bridgehead atoms. The summed E-state index contributed by atoms with van der Waals surface area (Å²) in [6, 6.07) is 0. The molecule has 2 aromatic rings. The zero-order valence-corrected chi connectivity index (χ0v) is 12.3. The Balaban J connectivity index is 1.75. The highest BCUT2D eigenvalue weighted by atomic mass is 32.1. The van der Waals surface area contributed by atoms with E-state index in [0.29, 0.717) is 5.92 Å². The van der Waals surface area contributed by atoms with Crippen molar-refractivity contribution in [1.29, 1.82) is 0 Å². The zero-order chi connectivity index (χ0) is 13.9. The summed E-state index contributed by atoms with van der Waals surface area (Å²) >= 11 is 1.63. The van der Waals surface area contributed by atoms with Gasteiger partial charge in [0.15, 0.2) is 0 Å². The summed E-state index contributed by atoms with van der Waals surface area (Å²) in [7, 11) is 0. The lowest BCUT2D eigenvalue weighted by Gasteiger charge is -2.31. The first-order chi connectivity index (χ1) is 9.76. The zero-order valence-electron chi connectivity index (χ0n) is 11.5. The first-order valence-electron chi connectivity index (χ1n) is 6.86. The molecule has 1 saturated heterocycles. The number of hydrogen-bond acceptors (Lipinski definition) is 6. The molecule has 1 N–H and O–H groups in total. The van der Waals surface area contributed by atoms with Crippen LogP contribution in [0.5, 0.6) is 0 Å². The van der Waals surface area contributed by atoms with Crippen LogP contribution in [0, 0.1) is 12.8 Å². The van der Waals surface area contributed by atoms with Gasteiger partial charge in [0.2, 0.25) is 5.95 Å². The van der Waals surface area contributed by atoms with E-state index in [1.165, 1.54) is 0 Å². The lowest BCUT2D eigenvalue weighted by atomic mass is 9.99. The van der Waals surface area contributed by atoms with E-state index in [9.17, 15) is 5.11 Å². The minimum absolute atomic E-state index is 0.243. The molecule has 0 amide bonds. The molecular formula is C14H18N4OS. The predicted molar refractivity (Wildman–Crippen MR) is 79.9 cm³/mol. The fourth-order valence-corrected chi connectivity index (χ4v) is 3.13. The van der Waals surface area contributed by atoms with Crippen molar-refractivity contribution in [2.75, 3.05) is 24.6 Å². The van der Waals surface area contributed by atoms with Crippen molar-refractivity contribution in [1.82, 2.24) is 15.0 Å². The molecule has 3 rings (SSSR count). The van der Waals surface area contributed by atoms with Crippen molar-refractivity contribution < 1.29 is 5.11 Å². The Labute approximate surface area is 122 Å². The maximum absolute atomic E-state index is 9.28. The Morgan fingerprint density at radius 1 is 1.40 bits per heavy atom. The number of aryl methyl sites for hydroxylation is 1. The maximum Gasteiger partial charge on any atom is 0.225 e. The summed E-state index contributed by atoms with van der Waals surface area (Å²) in [5.41, 5.74) is 1.89. The lowest BCUT2D eigenvalue weighted by molar-refractivity contribution is 0.208. The number of piperidine rings is 1. The number of aliphatic hydroxyl groups excluding tert-OH is 1. The normalized spacial score (nSPS) is 19.3. The van der Waals surface area contributed by atoms with Crippen LogP contribution in [0.2, 0.25) is 0 Å². The molecule has 0 aromatic carbocycles. The van der Waals surface area contributed by atoms with E-state index < -0.39 is 0 Å². The Kier molecular flexibility index (Phi) is 3.93. The number of rotatable bonds is 3. The molecule has 0 aliphatic carbocycles. The van der Waals surface area contributed by atoms with E-state index in [4.69, 9.17) is 0 Å². The molecule has 1 fully saturated rings. The molecule has 106 valence electrons. The van der Waals surface area contributed by atoms with Crippen molar-refractivity contribution in [3.8, 4) is 11.3 Å². The van der Waals surface area contributed by atoms with Gasteiger partial charge in [-0.3, -0.25) is 0 Å². The molecule has 1 aliphatic rings. The number of aromatic nitrogens is 3. The molecule has 5 nitrogen and oxygen atoms in total. The highest BCUT2D eigenvalue weighted by Gasteiger charge is 2.21. The van der Waals surface area contributed by atoms with Gasteiger partial charge in [-0.1, -0.05) is 0 Å². The molecule has 1 aliphatic heterocycles. The van der Waals surface area contributed by atoms with E-state index in [1.807, 2.05) is 24.7 Å². The van der Waals surface area contributed by atoms with Crippen LogP contribution >= 0.6 is 11.3 Å². The van der Waals surface area contributed by atoms with Crippen LogP contribution in [0.3, 0.4) is 0 Å². The monoisotopic (exact) mass is 290 g/mol. The lowest BCUT2D eigenvalue weighted by Crippen LogP contribution is -2.37. The molecule has 1 unspecified atom stereocenters. The molecule has 20 heavy (non-hydrogen) atoms. The summed E-state index contributed by atoms with van der Waals surface area (Å²) in [6.07, 6.45) is 5.84. The van der Waals surface area contributed by atoms with Crippen LogP contribution in [-0.2, 0) is 0 Å². The Morgan fingerprint density at radius 2 is 2.20 bits per heavy atom. The van der Waals surface area contributed by atoms with E-state index in [2.05, 4.69) is 19.9 Å². The third-order valence-electron chi connectivity index (χ3n) is 3.61. The molecule has 0 radical (unpaired) electrons. The second-order valence-electron chi connectivity index (χ2n) is 5.16. The number of aliphatic hydroxyl groups is 1. The molecule has 0 spiro atoms. The molecular weight excluding hydrogens is 272 g/mol. The van der Waals surface area contributed by atoms with Crippen molar-refractivity contribution in [3.05, 3.63) is 22.8 Å². The number of hydrogen-bond donors (Lipinski definition) is 1. The summed E-state index contributed by atoms with van der Waals surface area (Å²) in [5, 5.41) is 12.3. The van der Waals surface area contributed by atoms with Crippen LogP contribution in [-0.4, -0.2) is 39.8 Å². The fraction of sp³-hybridized carbons (Fsp3) is 0.500. The Bertz CT molecular complexity index is 569. The molecule has 3 heterocycles. The second-order valence-corrected chi connectivity index (χ2v) is 6.22. The van der Waals surface area contributed by atoms with Crippen molar-refractivity contribution in [2.24, 2.45) is 5.92 Å². The van der Waals surface area contributed by atoms with Crippen LogP contribution in [0.4, 0.5) is 5.95 Å². The van der Waals surface area contributed by atoms with Gasteiger partial charge in [-0.25, -0.2) is 15.0 Å². The third-order valence-corrected chi connectivity index (χ3v) is 4.39. The molecule has 0 saturated carbocycles. The summed E-state index contributed by atoms with van der Waals surface area (Å²) < 4.78 is 0. The molecule has 6 heteroatoms. The topological polar surface area (TPSA) is 62.1 Å². The Hall–Kier alpha value is -1.53. The first-order valence-corrected chi connectivity index (χ1v) is 7.74. The third kappa shape index (κ3) is 2.81. The van der Waals surface area contributed by atoms with Crippen LogP contribution < -0.4 is 4.90 Å². The van der Waals surface area contributed by atoms with Gasteiger partial charge in [0.25, 0.3) is 0 Å². The van der Waals surface area contributed by atoms with E-state index >= 15 is 0 Å². The highest BCUT2D eigenvalue weighted by molar-refractivity contribution is 7.09. The van der Waals surface area contributed by atoms with Gasteiger partial charge in [0.05, 0.1) is 10.7 Å². The van der Waals surface area contributed by atoms with Gasteiger partial charge in [-0.15, -0.1) is 11.3 Å². The SMILES string of the molecule is Cc1nc(-c2cnc(N3CCCC(CO)C3)nc2)cs1. The summed E-state index contributed by atoms with van der Waals surface area (Å²) in [4.78, 5) is 15.5. The van der Waals surface area contributed by atoms with Crippen molar-refractivity contribution >= 4 is 17.3 Å². The summed E-state index contributed by atoms with van der Waals surface area (Å²) in [5.74, 6) is 1.09. The van der Waals surface area contributed by atoms with E-state index in [-0.39, 0.29) is 6.61 Å². The van der Waals surface area contributed by atoms with E-state index in [0.717, 1.165) is 48.1 Å². The average molecular weight is 290 g/mol. The van der Waals surface area contributed by atoms with Gasteiger partial charge >= 0.3 is 0 Å². The average Bonchev–Trinajstić information content (AvgIpc) is 2.94.